The molecule has 0 atom stereocenters. The smallest absolute Gasteiger partial charge is 0.274 e. The van der Waals surface area contributed by atoms with Gasteiger partial charge in [-0.25, -0.2) is 19.3 Å². The minimum absolute atomic E-state index is 0. The predicted molar refractivity (Wildman–Crippen MR) is 458 cm³/mol. The highest BCUT2D eigenvalue weighted by Crippen LogP contribution is 2.30. The number of nitrogens with one attached hydrogen (secondary N) is 5. The maximum absolute atomic E-state index is 14.0. The second kappa shape index (κ2) is 44.9. The van der Waals surface area contributed by atoms with E-state index in [9.17, 15) is 28.4 Å². The number of hydrogen-bond acceptors (Lipinski definition) is 19. The Kier molecular flexibility index (Phi) is 32.8. The van der Waals surface area contributed by atoms with Gasteiger partial charge < -0.3 is 55.0 Å². The Hall–Kier alpha value is -16.2. The molecule has 0 aliphatic carbocycles. The third kappa shape index (κ3) is 28.2. The fraction of sp³-hybridized carbons (Fsp3) is 0.0745. The zero-order valence-electron chi connectivity index (χ0n) is 63.8. The van der Waals surface area contributed by atoms with Crippen LogP contribution < -0.4 is 55.0 Å². The second-order valence-electron chi connectivity index (χ2n) is 25.1. The summed E-state index contributed by atoms with van der Waals surface area (Å²) >= 11 is 0. The van der Waals surface area contributed by atoms with Crippen molar-refractivity contribution in [2.45, 2.75) is 42.5 Å². The van der Waals surface area contributed by atoms with Crippen LogP contribution in [0.1, 0.15) is 89.5 Å². The van der Waals surface area contributed by atoms with Crippen molar-refractivity contribution in [3.63, 3.8) is 0 Å². The summed E-state index contributed by atoms with van der Waals surface area (Å²) in [7, 11) is 1.50. The lowest BCUT2D eigenvalue weighted by Gasteiger charge is -2.10. The van der Waals surface area contributed by atoms with Gasteiger partial charge in [0.1, 0.15) is 80.4 Å². The van der Waals surface area contributed by atoms with Crippen LogP contribution in [0.2, 0.25) is 0 Å². The fourth-order valence-corrected chi connectivity index (χ4v) is 10.5. The summed E-state index contributed by atoms with van der Waals surface area (Å²) in [6, 6.07) is 81.4. The lowest BCUT2D eigenvalue weighted by molar-refractivity contribution is 0.101. The molecule has 8 aromatic heterocycles. The number of pyridine rings is 8. The first-order chi connectivity index (χ1) is 57.0. The minimum Gasteiger partial charge on any atom is -0.481 e. The lowest BCUT2D eigenvalue weighted by Crippen LogP contribution is -2.14. The van der Waals surface area contributed by atoms with Gasteiger partial charge in [-0.3, -0.25) is 48.9 Å². The maximum Gasteiger partial charge on any atom is 0.274 e. The molecular formula is C94H84FN13O11. The highest BCUT2D eigenvalue weighted by atomic mass is 19.1. The summed E-state index contributed by atoms with van der Waals surface area (Å²) in [4.78, 5) is 93.7. The van der Waals surface area contributed by atoms with Crippen LogP contribution in [0.15, 0.2) is 341 Å². The van der Waals surface area contributed by atoms with Gasteiger partial charge in [-0.05, 0) is 203 Å². The SMILES string of the molecule is C.C.COc1cccc(C(=O)Nc2cccc(Oc3cccnc3)c2)n1.Cc1cccc(C(=O)Nc2cccc(Oc3cccnc3)c2)c1.Cc1cccc(C(=O)Nc2cccc(Oc3cccnc3)c2)c1F.Cc1cccc(C(=O)Nc2cccc(Oc3cccnc3)c2)n1.Cc1cccc(C(=O)Nc2cccc(Oc3cccnc3)c2)n1. The Labute approximate surface area is 688 Å². The quantitative estimate of drug-likeness (QED) is 0.0446. The predicted octanol–water partition coefficient (Wildman–Crippen LogP) is 21.5. The second-order valence-corrected chi connectivity index (χ2v) is 25.1. The van der Waals surface area contributed by atoms with Gasteiger partial charge in [0.15, 0.2) is 0 Å². The van der Waals surface area contributed by atoms with Crippen LogP contribution in [-0.4, -0.2) is 76.5 Å². The van der Waals surface area contributed by atoms with Crippen molar-refractivity contribution in [1.29, 1.82) is 0 Å². The number of rotatable bonds is 21. The summed E-state index contributed by atoms with van der Waals surface area (Å²) in [6.45, 7) is 7.27. The van der Waals surface area contributed by atoms with E-state index in [4.69, 9.17) is 28.4 Å². The van der Waals surface area contributed by atoms with Gasteiger partial charge in [0.05, 0.1) is 43.7 Å². The number of aryl methyl sites for hydroxylation is 4. The molecule has 0 aliphatic rings. The van der Waals surface area contributed by atoms with E-state index >= 15 is 0 Å². The van der Waals surface area contributed by atoms with Crippen molar-refractivity contribution < 1.29 is 56.8 Å². The van der Waals surface area contributed by atoms with Crippen molar-refractivity contribution in [2.75, 3.05) is 33.7 Å². The summed E-state index contributed by atoms with van der Waals surface area (Å²) in [5.74, 6) is 4.53. The van der Waals surface area contributed by atoms with E-state index in [-0.39, 0.29) is 49.7 Å². The van der Waals surface area contributed by atoms with E-state index < -0.39 is 11.7 Å². The number of methoxy groups -OCH3 is 1. The van der Waals surface area contributed by atoms with Gasteiger partial charge in [-0.2, -0.15) is 0 Å². The van der Waals surface area contributed by atoms with Crippen molar-refractivity contribution >= 4 is 58.0 Å². The van der Waals surface area contributed by atoms with Crippen LogP contribution in [0, 0.1) is 33.5 Å². The molecule has 598 valence electrons. The van der Waals surface area contributed by atoms with Gasteiger partial charge in [0.2, 0.25) is 5.88 Å². The Morgan fingerprint density at radius 3 is 0.908 bits per heavy atom. The molecular weight excluding hydrogens is 1510 g/mol. The third-order valence-corrected chi connectivity index (χ3v) is 15.9. The Morgan fingerprint density at radius 1 is 0.294 bits per heavy atom. The highest BCUT2D eigenvalue weighted by molar-refractivity contribution is 6.06. The average Bonchev–Trinajstić information content (AvgIpc) is 0.848. The Morgan fingerprint density at radius 2 is 0.588 bits per heavy atom. The van der Waals surface area contributed by atoms with Gasteiger partial charge in [0.25, 0.3) is 29.5 Å². The number of aromatic nitrogens is 8. The van der Waals surface area contributed by atoms with Crippen molar-refractivity contribution in [3.8, 4) is 63.4 Å². The summed E-state index contributed by atoms with van der Waals surface area (Å²) in [6.07, 6.45) is 16.5. The fourth-order valence-electron chi connectivity index (χ4n) is 10.5. The molecule has 24 nitrogen and oxygen atoms in total. The van der Waals surface area contributed by atoms with Crippen molar-refractivity contribution in [3.05, 3.63) is 398 Å². The number of hydrogen-bond donors (Lipinski definition) is 5. The number of halogens is 1. The van der Waals surface area contributed by atoms with Crippen LogP contribution >= 0.6 is 0 Å². The minimum atomic E-state index is -0.516. The third-order valence-electron chi connectivity index (χ3n) is 15.9. The molecule has 5 N–H and O–H groups in total. The van der Waals surface area contributed by atoms with Crippen molar-refractivity contribution in [1.82, 2.24) is 39.9 Å². The molecule has 0 spiro atoms. The number of carbonyl (C=O) groups excluding carboxylic acids is 5. The van der Waals surface area contributed by atoms with Gasteiger partial charge >= 0.3 is 0 Å². The van der Waals surface area contributed by atoms with Crippen LogP contribution in [0.4, 0.5) is 32.8 Å². The van der Waals surface area contributed by atoms with E-state index in [1.807, 2.05) is 112 Å². The molecule has 0 saturated carbocycles. The van der Waals surface area contributed by atoms with Crippen LogP contribution in [0.3, 0.4) is 0 Å². The summed E-state index contributed by atoms with van der Waals surface area (Å²) in [5.41, 5.74) is 7.81. The topological polar surface area (TPSA) is 304 Å². The summed E-state index contributed by atoms with van der Waals surface area (Å²) < 4.78 is 47.5. The molecule has 0 saturated heterocycles. The number of carbonyl (C=O) groups is 5. The largest absolute Gasteiger partial charge is 0.481 e. The highest BCUT2D eigenvalue weighted by Gasteiger charge is 2.17. The molecule has 0 bridgehead atoms. The molecule has 25 heteroatoms. The monoisotopic (exact) mass is 1590 g/mol. The summed E-state index contributed by atoms with van der Waals surface area (Å²) in [5, 5.41) is 14.0. The van der Waals surface area contributed by atoms with E-state index in [1.165, 1.54) is 13.2 Å². The van der Waals surface area contributed by atoms with E-state index in [1.54, 1.807) is 251 Å². The van der Waals surface area contributed by atoms with Crippen LogP contribution in [0.5, 0.6) is 63.4 Å². The number of amides is 5. The molecule has 0 radical (unpaired) electrons. The molecule has 15 rings (SSSR count). The average molecular weight is 1590 g/mol. The first-order valence-electron chi connectivity index (χ1n) is 36.2. The zero-order chi connectivity index (χ0) is 81.9. The first-order valence-corrected chi connectivity index (χ1v) is 36.2. The van der Waals surface area contributed by atoms with Gasteiger partial charge in [-0.15, -0.1) is 0 Å². The Bertz CT molecular complexity index is 5480. The zero-order valence-corrected chi connectivity index (χ0v) is 63.8. The van der Waals surface area contributed by atoms with Gasteiger partial charge in [-0.1, -0.05) is 93.2 Å². The van der Waals surface area contributed by atoms with E-state index in [0.29, 0.717) is 114 Å². The maximum atomic E-state index is 14.0. The molecule has 15 aromatic rings. The van der Waals surface area contributed by atoms with Crippen LogP contribution in [-0.2, 0) is 0 Å². The molecule has 7 aromatic carbocycles. The number of benzene rings is 7. The first kappa shape index (κ1) is 86.8. The standard InChI is InChI=1S/C19H15FN2O2.C19H16N2O2.C18H15N3O3.2C18H15N3O2.2CH4/c1-13-5-2-9-17(18(13)20)19(23)22-14-6-3-7-15(11-14)24-16-8-4-10-21-12-16;1-14-5-2-6-15(11-14)19(22)21-16-7-3-8-17(12-16)23-18-9-4-10-20-13-18;1-23-17-9-3-8-16(21-17)18(22)20-13-5-2-6-14(11-13)24-15-7-4-10-19-12-15;2*1-13-5-2-9-17(20-13)18(22)21-14-6-3-7-15(11-14)23-16-8-4-10-19-12-16;;/h2-12H,1H3,(H,22,23);2-13H,1H3,(H,21,22);2-12H,1H3,(H,20,22);2*2-12H,1H3,(H,21,22);2*1H4. The van der Waals surface area contributed by atoms with Gasteiger partial charge in [0, 0.05) is 113 Å². The molecule has 0 unspecified atom stereocenters. The number of anilines is 5. The number of nitrogens with zero attached hydrogens (tertiary/aromatic N) is 8. The van der Waals surface area contributed by atoms with E-state index in [2.05, 4.69) is 66.5 Å². The van der Waals surface area contributed by atoms with Crippen LogP contribution in [0.25, 0.3) is 0 Å². The molecule has 119 heavy (non-hydrogen) atoms. The Balaban J connectivity index is 0.000000169. The molecule has 0 aliphatic heterocycles. The lowest BCUT2D eigenvalue weighted by atomic mass is 10.1. The molecule has 5 amide bonds. The normalized spacial score (nSPS) is 9.97. The number of ether oxygens (including phenoxy) is 6. The molecule has 0 fully saturated rings. The van der Waals surface area contributed by atoms with E-state index in [0.717, 1.165) is 17.0 Å². The molecule has 8 heterocycles. The van der Waals surface area contributed by atoms with Crippen molar-refractivity contribution in [2.24, 2.45) is 0 Å².